The molecule has 0 aliphatic heterocycles. The molecule has 22 heavy (non-hydrogen) atoms. The molecule has 7 heteroatoms. The Bertz CT molecular complexity index is 1000. The number of anilines is 2. The van der Waals surface area contributed by atoms with E-state index in [1.54, 1.807) is 12.1 Å². The average molecular weight is 352 g/mol. The van der Waals surface area contributed by atoms with Crippen LogP contribution in [0, 0.1) is 0 Å². The van der Waals surface area contributed by atoms with Crippen molar-refractivity contribution in [2.24, 2.45) is 0 Å². The zero-order valence-electron chi connectivity index (χ0n) is 11.0. The van der Waals surface area contributed by atoms with Crippen LogP contribution >= 0.6 is 34.8 Å². The summed E-state index contributed by atoms with van der Waals surface area (Å²) in [5, 5.41) is 5.90. The monoisotopic (exact) mass is 350 g/mol. The lowest BCUT2D eigenvalue weighted by atomic mass is 10.2. The Morgan fingerprint density at radius 2 is 1.82 bits per heavy atom. The minimum atomic E-state index is 0.504. The van der Waals surface area contributed by atoms with Gasteiger partial charge in [0.15, 0.2) is 0 Å². The van der Waals surface area contributed by atoms with E-state index >= 15 is 0 Å². The Kier molecular flexibility index (Phi) is 3.18. The topological polar surface area (TPSA) is 56.5 Å². The second kappa shape index (κ2) is 5.09. The van der Waals surface area contributed by atoms with E-state index in [0.717, 1.165) is 22.1 Å². The van der Waals surface area contributed by atoms with Gasteiger partial charge in [-0.2, -0.15) is 0 Å². The third kappa shape index (κ3) is 2.29. The van der Waals surface area contributed by atoms with Crippen molar-refractivity contribution in [2.45, 2.75) is 0 Å². The minimum absolute atomic E-state index is 0.504. The number of nitrogens with one attached hydrogen (secondary N) is 3. The summed E-state index contributed by atoms with van der Waals surface area (Å²) >= 11 is 18.4. The molecule has 0 saturated carbocycles. The van der Waals surface area contributed by atoms with Crippen LogP contribution in [0.15, 0.2) is 36.5 Å². The molecule has 0 unspecified atom stereocenters. The van der Waals surface area contributed by atoms with Crippen LogP contribution in [0.2, 0.25) is 15.1 Å². The van der Waals surface area contributed by atoms with E-state index in [-0.39, 0.29) is 0 Å². The number of nitrogens with zero attached hydrogens (tertiary/aromatic N) is 1. The van der Waals surface area contributed by atoms with E-state index in [0.29, 0.717) is 26.5 Å². The van der Waals surface area contributed by atoms with Crippen LogP contribution in [0.25, 0.3) is 21.9 Å². The van der Waals surface area contributed by atoms with Gasteiger partial charge in [-0.15, -0.1) is 0 Å². The lowest BCUT2D eigenvalue weighted by Crippen LogP contribution is -1.92. The molecular formula is C15H9Cl3N4. The lowest BCUT2D eigenvalue weighted by Gasteiger charge is -2.04. The second-order valence-electron chi connectivity index (χ2n) is 4.89. The molecule has 0 amide bonds. The number of aromatic amines is 2. The Balaban J connectivity index is 1.77. The molecule has 0 atom stereocenters. The van der Waals surface area contributed by atoms with Crippen LogP contribution in [-0.4, -0.2) is 15.0 Å². The number of rotatable bonds is 2. The van der Waals surface area contributed by atoms with E-state index in [1.165, 1.54) is 0 Å². The first-order valence-electron chi connectivity index (χ1n) is 6.48. The largest absolute Gasteiger partial charge is 0.361 e. The van der Waals surface area contributed by atoms with Gasteiger partial charge in [0.05, 0.1) is 15.6 Å². The fraction of sp³-hybridized carbons (Fsp3) is 0. The van der Waals surface area contributed by atoms with Crippen LogP contribution in [-0.2, 0) is 0 Å². The van der Waals surface area contributed by atoms with Crippen molar-refractivity contribution >= 4 is 68.4 Å². The van der Waals surface area contributed by atoms with Crippen molar-refractivity contribution in [2.75, 3.05) is 5.32 Å². The summed E-state index contributed by atoms with van der Waals surface area (Å²) < 4.78 is 0. The summed E-state index contributed by atoms with van der Waals surface area (Å²) in [6.07, 6.45) is 1.85. The number of hydrogen-bond donors (Lipinski definition) is 3. The van der Waals surface area contributed by atoms with Gasteiger partial charge in [-0.3, -0.25) is 0 Å². The van der Waals surface area contributed by atoms with Crippen molar-refractivity contribution in [3.05, 3.63) is 51.6 Å². The van der Waals surface area contributed by atoms with Gasteiger partial charge in [-0.05, 0) is 30.3 Å². The number of H-pyrrole nitrogens is 2. The van der Waals surface area contributed by atoms with E-state index in [9.17, 15) is 0 Å². The number of aromatic nitrogens is 3. The molecule has 0 aliphatic carbocycles. The van der Waals surface area contributed by atoms with Crippen LogP contribution in [0.4, 0.5) is 11.6 Å². The highest BCUT2D eigenvalue weighted by molar-refractivity contribution is 6.38. The van der Waals surface area contributed by atoms with Crippen LogP contribution in [0.5, 0.6) is 0 Å². The van der Waals surface area contributed by atoms with Gasteiger partial charge in [0.25, 0.3) is 0 Å². The number of fused-ring (bicyclic) bond motifs is 2. The van der Waals surface area contributed by atoms with Gasteiger partial charge in [-0.25, -0.2) is 4.98 Å². The molecule has 0 aliphatic rings. The smallest absolute Gasteiger partial charge is 0.205 e. The van der Waals surface area contributed by atoms with E-state index < -0.39 is 0 Å². The van der Waals surface area contributed by atoms with E-state index in [1.807, 2.05) is 24.4 Å². The Hall–Kier alpha value is -1.88. The number of hydrogen-bond acceptors (Lipinski definition) is 2. The summed E-state index contributed by atoms with van der Waals surface area (Å²) in [6.45, 7) is 0. The SMILES string of the molecule is Clc1cc(Cl)c2nc(Nc3cc(Cl)c4cc[nH]c4c3)[nH]c2c1. The van der Waals surface area contributed by atoms with Gasteiger partial charge in [0.2, 0.25) is 5.95 Å². The maximum absolute atomic E-state index is 6.27. The first-order chi connectivity index (χ1) is 10.6. The molecular weight excluding hydrogens is 343 g/mol. The molecule has 0 saturated heterocycles. The van der Waals surface area contributed by atoms with Gasteiger partial charge in [-0.1, -0.05) is 34.8 Å². The van der Waals surface area contributed by atoms with Gasteiger partial charge in [0.1, 0.15) is 5.52 Å². The Labute approximate surface area is 140 Å². The lowest BCUT2D eigenvalue weighted by molar-refractivity contribution is 1.31. The van der Waals surface area contributed by atoms with Gasteiger partial charge in [0, 0.05) is 27.8 Å². The molecule has 0 spiro atoms. The van der Waals surface area contributed by atoms with Crippen LogP contribution in [0.3, 0.4) is 0 Å². The zero-order valence-corrected chi connectivity index (χ0v) is 13.3. The normalized spacial score (nSPS) is 11.4. The van der Waals surface area contributed by atoms with Crippen LogP contribution in [0.1, 0.15) is 0 Å². The summed E-state index contributed by atoms with van der Waals surface area (Å²) in [5.41, 5.74) is 3.21. The Morgan fingerprint density at radius 3 is 2.68 bits per heavy atom. The molecule has 110 valence electrons. The Morgan fingerprint density at radius 1 is 0.955 bits per heavy atom. The number of benzene rings is 2. The third-order valence-electron chi connectivity index (χ3n) is 3.39. The van der Waals surface area contributed by atoms with E-state index in [2.05, 4.69) is 20.3 Å². The average Bonchev–Trinajstić information content (AvgIpc) is 3.05. The predicted octanol–water partition coefficient (Wildman–Crippen LogP) is 5.75. The summed E-state index contributed by atoms with van der Waals surface area (Å²) in [6, 6.07) is 9.19. The maximum Gasteiger partial charge on any atom is 0.205 e. The first kappa shape index (κ1) is 13.8. The molecule has 4 aromatic rings. The predicted molar refractivity (Wildman–Crippen MR) is 92.7 cm³/mol. The highest BCUT2D eigenvalue weighted by Crippen LogP contribution is 2.31. The van der Waals surface area contributed by atoms with Crippen molar-refractivity contribution < 1.29 is 0 Å². The van der Waals surface area contributed by atoms with Crippen molar-refractivity contribution in [3.8, 4) is 0 Å². The van der Waals surface area contributed by atoms with Crippen molar-refractivity contribution in [3.63, 3.8) is 0 Å². The highest BCUT2D eigenvalue weighted by Gasteiger charge is 2.09. The molecule has 4 rings (SSSR count). The van der Waals surface area contributed by atoms with E-state index in [4.69, 9.17) is 34.8 Å². The summed E-state index contributed by atoms with van der Waals surface area (Å²) in [5.74, 6) is 0.570. The number of halogens is 3. The fourth-order valence-corrected chi connectivity index (χ4v) is 3.25. The molecule has 2 aromatic carbocycles. The molecule has 2 aromatic heterocycles. The number of imidazole rings is 1. The quantitative estimate of drug-likeness (QED) is 0.431. The molecule has 4 nitrogen and oxygen atoms in total. The molecule has 0 fully saturated rings. The molecule has 0 bridgehead atoms. The summed E-state index contributed by atoms with van der Waals surface area (Å²) in [4.78, 5) is 10.7. The van der Waals surface area contributed by atoms with Gasteiger partial charge >= 0.3 is 0 Å². The van der Waals surface area contributed by atoms with Crippen LogP contribution < -0.4 is 5.32 Å². The standard InChI is InChI=1S/C15H9Cl3N4/c16-7-3-11(18)14-13(4-7)21-15(22-14)20-8-5-10(17)9-1-2-19-12(9)6-8/h1-6,19H,(H2,20,21,22). The summed E-state index contributed by atoms with van der Waals surface area (Å²) in [7, 11) is 0. The van der Waals surface area contributed by atoms with Crippen molar-refractivity contribution in [1.82, 2.24) is 15.0 Å². The fourth-order valence-electron chi connectivity index (χ4n) is 2.43. The zero-order chi connectivity index (χ0) is 15.3. The molecule has 0 radical (unpaired) electrons. The van der Waals surface area contributed by atoms with Gasteiger partial charge < -0.3 is 15.3 Å². The van der Waals surface area contributed by atoms with Crippen molar-refractivity contribution in [1.29, 1.82) is 0 Å². The highest BCUT2D eigenvalue weighted by atomic mass is 35.5. The minimum Gasteiger partial charge on any atom is -0.361 e. The third-order valence-corrected chi connectivity index (χ3v) is 4.21. The second-order valence-corrected chi connectivity index (χ2v) is 6.14. The maximum atomic E-state index is 6.27. The molecule has 3 N–H and O–H groups in total. The molecule has 2 heterocycles. The first-order valence-corrected chi connectivity index (χ1v) is 7.62.